The molecule has 4 heteroatoms. The maximum Gasteiger partial charge on any atom is 0.224 e. The molecule has 0 aliphatic heterocycles. The molecular formula is C21H24N2O2. The molecule has 0 spiro atoms. The zero-order valence-corrected chi connectivity index (χ0v) is 14.7. The molecule has 3 rings (SSSR count). The molecule has 2 amide bonds. The molecule has 0 heterocycles. The van der Waals surface area contributed by atoms with Crippen molar-refractivity contribution in [3.63, 3.8) is 0 Å². The van der Waals surface area contributed by atoms with Crippen molar-refractivity contribution < 1.29 is 9.59 Å². The predicted octanol–water partition coefficient (Wildman–Crippen LogP) is 2.87. The van der Waals surface area contributed by atoms with Gasteiger partial charge in [0.1, 0.15) is 0 Å². The summed E-state index contributed by atoms with van der Waals surface area (Å²) in [4.78, 5) is 24.4. The van der Waals surface area contributed by atoms with Crippen molar-refractivity contribution in [3.05, 3.63) is 70.8 Å². The smallest absolute Gasteiger partial charge is 0.224 e. The summed E-state index contributed by atoms with van der Waals surface area (Å²) >= 11 is 0. The van der Waals surface area contributed by atoms with Crippen molar-refractivity contribution in [3.8, 4) is 0 Å². The van der Waals surface area contributed by atoms with Crippen molar-refractivity contribution >= 4 is 11.8 Å². The fourth-order valence-electron chi connectivity index (χ4n) is 3.06. The summed E-state index contributed by atoms with van der Waals surface area (Å²) in [5.74, 6) is -0.445. The third-order valence-corrected chi connectivity index (χ3v) is 4.56. The second-order valence-corrected chi connectivity index (χ2v) is 6.86. The fourth-order valence-corrected chi connectivity index (χ4v) is 3.06. The maximum absolute atomic E-state index is 12.2. The Labute approximate surface area is 148 Å². The van der Waals surface area contributed by atoms with Crippen LogP contribution in [0.15, 0.2) is 48.5 Å². The molecule has 25 heavy (non-hydrogen) atoms. The molecule has 1 aliphatic carbocycles. The van der Waals surface area contributed by atoms with E-state index in [2.05, 4.69) is 22.8 Å². The molecule has 0 bridgehead atoms. The molecule has 2 aromatic rings. The molecule has 0 radical (unpaired) electrons. The van der Waals surface area contributed by atoms with Crippen molar-refractivity contribution in [2.24, 2.45) is 11.8 Å². The summed E-state index contributed by atoms with van der Waals surface area (Å²) < 4.78 is 0. The molecular weight excluding hydrogens is 312 g/mol. The molecule has 0 saturated heterocycles. The van der Waals surface area contributed by atoms with Gasteiger partial charge in [-0.05, 0) is 31.4 Å². The Morgan fingerprint density at radius 3 is 1.68 bits per heavy atom. The molecule has 4 nitrogen and oxygen atoms in total. The average molecular weight is 336 g/mol. The van der Waals surface area contributed by atoms with Crippen LogP contribution in [0.25, 0.3) is 0 Å². The quantitative estimate of drug-likeness (QED) is 0.852. The summed E-state index contributed by atoms with van der Waals surface area (Å²) in [7, 11) is 0. The minimum Gasteiger partial charge on any atom is -0.352 e. The van der Waals surface area contributed by atoms with Crippen LogP contribution in [0, 0.1) is 25.7 Å². The van der Waals surface area contributed by atoms with Gasteiger partial charge in [-0.2, -0.15) is 0 Å². The standard InChI is InChI=1S/C21H24N2O2/c1-14-5-3-7-16(9-14)12-22-20(24)18-11-19(18)21(25)23-13-17-8-4-6-15(2)10-17/h3-10,18-19H,11-13H2,1-2H3,(H,22,24)(H,23,25). The Balaban J connectivity index is 1.43. The Kier molecular flexibility index (Phi) is 5.17. The lowest BCUT2D eigenvalue weighted by Gasteiger charge is -2.07. The number of rotatable bonds is 6. The summed E-state index contributed by atoms with van der Waals surface area (Å²) in [5.41, 5.74) is 4.50. The van der Waals surface area contributed by atoms with Crippen molar-refractivity contribution in [1.29, 1.82) is 0 Å². The Morgan fingerprint density at radius 1 is 0.840 bits per heavy atom. The highest BCUT2D eigenvalue weighted by Gasteiger charge is 2.47. The summed E-state index contributed by atoms with van der Waals surface area (Å²) in [5, 5.41) is 5.87. The van der Waals surface area contributed by atoms with Crippen LogP contribution >= 0.6 is 0 Å². The van der Waals surface area contributed by atoms with Gasteiger partial charge in [-0.25, -0.2) is 0 Å². The summed E-state index contributed by atoms with van der Waals surface area (Å²) in [6, 6.07) is 16.1. The van der Waals surface area contributed by atoms with Crippen molar-refractivity contribution in [2.45, 2.75) is 33.4 Å². The molecule has 1 fully saturated rings. The minimum atomic E-state index is -0.192. The van der Waals surface area contributed by atoms with E-state index in [-0.39, 0.29) is 23.7 Å². The van der Waals surface area contributed by atoms with Gasteiger partial charge >= 0.3 is 0 Å². The third kappa shape index (κ3) is 4.69. The lowest BCUT2D eigenvalue weighted by atomic mass is 10.1. The highest BCUT2D eigenvalue weighted by Crippen LogP contribution is 2.38. The van der Waals surface area contributed by atoms with Crippen LogP contribution in [0.2, 0.25) is 0 Å². The zero-order chi connectivity index (χ0) is 17.8. The summed E-state index contributed by atoms with van der Waals surface area (Å²) in [6.07, 6.45) is 0.638. The first kappa shape index (κ1) is 17.2. The van der Waals surface area contributed by atoms with Crippen LogP contribution in [-0.4, -0.2) is 11.8 Å². The highest BCUT2D eigenvalue weighted by molar-refractivity contribution is 5.92. The minimum absolute atomic E-state index is 0.0304. The second kappa shape index (κ2) is 7.51. The van der Waals surface area contributed by atoms with E-state index >= 15 is 0 Å². The Hall–Kier alpha value is -2.62. The second-order valence-electron chi connectivity index (χ2n) is 6.86. The number of benzene rings is 2. The van der Waals surface area contributed by atoms with Gasteiger partial charge in [0.2, 0.25) is 11.8 Å². The average Bonchev–Trinajstić information content (AvgIpc) is 3.39. The third-order valence-electron chi connectivity index (χ3n) is 4.56. The van der Waals surface area contributed by atoms with Crippen LogP contribution in [0.4, 0.5) is 0 Å². The first-order valence-corrected chi connectivity index (χ1v) is 8.69. The molecule has 2 unspecified atom stereocenters. The van der Waals surface area contributed by atoms with E-state index in [0.717, 1.165) is 11.1 Å². The van der Waals surface area contributed by atoms with E-state index in [1.54, 1.807) is 0 Å². The lowest BCUT2D eigenvalue weighted by molar-refractivity contribution is -0.127. The first-order valence-electron chi connectivity index (χ1n) is 8.69. The molecule has 1 aliphatic rings. The number of hydrogen-bond donors (Lipinski definition) is 2. The topological polar surface area (TPSA) is 58.2 Å². The Morgan fingerprint density at radius 2 is 1.28 bits per heavy atom. The number of carbonyl (C=O) groups excluding carboxylic acids is 2. The van der Waals surface area contributed by atoms with Crippen molar-refractivity contribution in [2.75, 3.05) is 0 Å². The van der Waals surface area contributed by atoms with Crippen LogP contribution in [0.1, 0.15) is 28.7 Å². The SMILES string of the molecule is Cc1cccc(CNC(=O)C2CC2C(=O)NCc2cccc(C)c2)c1. The summed E-state index contributed by atoms with van der Waals surface area (Å²) in [6.45, 7) is 5.07. The van der Waals surface area contributed by atoms with Crippen LogP contribution in [0.3, 0.4) is 0 Å². The van der Waals surface area contributed by atoms with E-state index in [1.807, 2.05) is 50.2 Å². The fraction of sp³-hybridized carbons (Fsp3) is 0.333. The lowest BCUT2D eigenvalue weighted by Crippen LogP contribution is -2.29. The molecule has 2 aromatic carbocycles. The van der Waals surface area contributed by atoms with Crippen LogP contribution < -0.4 is 10.6 Å². The molecule has 2 N–H and O–H groups in total. The number of aryl methyl sites for hydroxylation is 2. The maximum atomic E-state index is 12.2. The van der Waals surface area contributed by atoms with E-state index in [0.29, 0.717) is 19.5 Å². The van der Waals surface area contributed by atoms with Crippen LogP contribution in [-0.2, 0) is 22.7 Å². The van der Waals surface area contributed by atoms with E-state index in [9.17, 15) is 9.59 Å². The van der Waals surface area contributed by atoms with Gasteiger partial charge in [0.15, 0.2) is 0 Å². The number of amides is 2. The normalized spacial score (nSPS) is 18.5. The number of carbonyl (C=O) groups is 2. The molecule has 2 atom stereocenters. The van der Waals surface area contributed by atoms with Gasteiger partial charge in [-0.1, -0.05) is 59.7 Å². The highest BCUT2D eigenvalue weighted by atomic mass is 16.2. The molecule has 130 valence electrons. The van der Waals surface area contributed by atoms with Gasteiger partial charge in [-0.3, -0.25) is 9.59 Å². The number of hydrogen-bond acceptors (Lipinski definition) is 2. The van der Waals surface area contributed by atoms with Gasteiger partial charge in [0, 0.05) is 13.1 Å². The molecule has 0 aromatic heterocycles. The zero-order valence-electron chi connectivity index (χ0n) is 14.7. The van der Waals surface area contributed by atoms with Gasteiger partial charge in [0.05, 0.1) is 11.8 Å². The van der Waals surface area contributed by atoms with Gasteiger partial charge in [-0.15, -0.1) is 0 Å². The van der Waals surface area contributed by atoms with Crippen molar-refractivity contribution in [1.82, 2.24) is 10.6 Å². The largest absolute Gasteiger partial charge is 0.352 e. The van der Waals surface area contributed by atoms with E-state index < -0.39 is 0 Å². The number of nitrogens with one attached hydrogen (secondary N) is 2. The van der Waals surface area contributed by atoms with E-state index in [4.69, 9.17) is 0 Å². The predicted molar refractivity (Wildman–Crippen MR) is 97.6 cm³/mol. The first-order chi connectivity index (χ1) is 12.0. The van der Waals surface area contributed by atoms with Gasteiger partial charge in [0.25, 0.3) is 0 Å². The Bertz CT molecular complexity index is 719. The van der Waals surface area contributed by atoms with Gasteiger partial charge < -0.3 is 10.6 Å². The van der Waals surface area contributed by atoms with Crippen LogP contribution in [0.5, 0.6) is 0 Å². The molecule has 1 saturated carbocycles. The van der Waals surface area contributed by atoms with E-state index in [1.165, 1.54) is 11.1 Å². The monoisotopic (exact) mass is 336 g/mol.